The first-order chi connectivity index (χ1) is 5.69. The van der Waals surface area contributed by atoms with Crippen LogP contribution >= 0.6 is 23.1 Å². The number of thiophene rings is 1. The van der Waals surface area contributed by atoms with E-state index in [0.717, 1.165) is 15.5 Å². The van der Waals surface area contributed by atoms with Crippen molar-refractivity contribution in [3.63, 3.8) is 0 Å². The molecule has 1 N–H and O–H groups in total. The van der Waals surface area contributed by atoms with Gasteiger partial charge in [-0.3, -0.25) is 4.79 Å². The molecule has 0 unspecified atom stereocenters. The molecule has 1 aromatic rings. The van der Waals surface area contributed by atoms with Crippen molar-refractivity contribution in [2.75, 3.05) is 6.26 Å². The zero-order chi connectivity index (χ0) is 9.14. The smallest absolute Gasteiger partial charge is 0.345 e. The van der Waals surface area contributed by atoms with Crippen LogP contribution in [-0.2, 0) is 0 Å². The highest BCUT2D eigenvalue weighted by molar-refractivity contribution is 8.00. The molecule has 1 aromatic heterocycles. The summed E-state index contributed by atoms with van der Waals surface area (Å²) in [4.78, 5) is 21.1. The van der Waals surface area contributed by atoms with Crippen LogP contribution in [0, 0.1) is 0 Å². The average Bonchev–Trinajstić information content (AvgIpc) is 2.46. The van der Waals surface area contributed by atoms with E-state index in [2.05, 4.69) is 0 Å². The monoisotopic (exact) mass is 202 g/mol. The molecule has 0 spiro atoms. The van der Waals surface area contributed by atoms with Crippen molar-refractivity contribution in [2.45, 2.75) is 4.21 Å². The highest BCUT2D eigenvalue weighted by Gasteiger charge is 2.11. The first-order valence-corrected chi connectivity index (χ1v) is 5.09. The van der Waals surface area contributed by atoms with Crippen LogP contribution in [0.15, 0.2) is 10.3 Å². The topological polar surface area (TPSA) is 54.4 Å². The van der Waals surface area contributed by atoms with E-state index in [-0.39, 0.29) is 4.88 Å². The lowest BCUT2D eigenvalue weighted by Crippen LogP contribution is -1.90. The Labute approximate surface area is 77.4 Å². The van der Waals surface area contributed by atoms with E-state index in [4.69, 9.17) is 5.11 Å². The van der Waals surface area contributed by atoms with Crippen LogP contribution in [0.1, 0.15) is 20.0 Å². The van der Waals surface area contributed by atoms with Crippen molar-refractivity contribution in [2.24, 2.45) is 0 Å². The van der Waals surface area contributed by atoms with Crippen LogP contribution in [0.4, 0.5) is 0 Å². The fraction of sp³-hybridized carbons (Fsp3) is 0.143. The van der Waals surface area contributed by atoms with Gasteiger partial charge in [0.1, 0.15) is 4.88 Å². The maximum Gasteiger partial charge on any atom is 0.345 e. The van der Waals surface area contributed by atoms with E-state index in [0.29, 0.717) is 11.8 Å². The van der Waals surface area contributed by atoms with Gasteiger partial charge in [0.25, 0.3) is 0 Å². The van der Waals surface area contributed by atoms with Gasteiger partial charge in [-0.15, -0.1) is 23.1 Å². The molecule has 0 atom stereocenters. The molecule has 0 aromatic carbocycles. The molecule has 3 nitrogen and oxygen atoms in total. The normalized spacial score (nSPS) is 9.75. The van der Waals surface area contributed by atoms with Crippen molar-refractivity contribution in [1.29, 1.82) is 0 Å². The summed E-state index contributed by atoms with van der Waals surface area (Å²) in [5, 5.41) is 8.60. The van der Waals surface area contributed by atoms with Gasteiger partial charge in [0.15, 0.2) is 6.29 Å². The number of carboxylic acid groups (broad SMARTS) is 1. The SMILES string of the molecule is CSc1sc(C(=O)O)cc1C=O. The van der Waals surface area contributed by atoms with Gasteiger partial charge in [0, 0.05) is 5.56 Å². The van der Waals surface area contributed by atoms with Gasteiger partial charge in [-0.1, -0.05) is 0 Å². The molecule has 0 radical (unpaired) electrons. The Morgan fingerprint density at radius 1 is 1.75 bits per heavy atom. The molecule has 64 valence electrons. The molecule has 0 saturated heterocycles. The van der Waals surface area contributed by atoms with Gasteiger partial charge in [0.2, 0.25) is 0 Å². The molecular formula is C7H6O3S2. The number of thioether (sulfide) groups is 1. The van der Waals surface area contributed by atoms with Gasteiger partial charge < -0.3 is 5.11 Å². The molecule has 5 heteroatoms. The molecule has 12 heavy (non-hydrogen) atoms. The molecule has 1 rings (SSSR count). The number of carbonyl (C=O) groups excluding carboxylic acids is 1. The van der Waals surface area contributed by atoms with E-state index in [1.165, 1.54) is 17.8 Å². The molecule has 0 bridgehead atoms. The Bertz CT molecular complexity index is 316. The van der Waals surface area contributed by atoms with Crippen LogP contribution in [0.5, 0.6) is 0 Å². The summed E-state index contributed by atoms with van der Waals surface area (Å²) in [5.41, 5.74) is 0.463. The molecule has 1 heterocycles. The second kappa shape index (κ2) is 3.73. The van der Waals surface area contributed by atoms with Crippen molar-refractivity contribution >= 4 is 35.4 Å². The van der Waals surface area contributed by atoms with Crippen LogP contribution in [0.3, 0.4) is 0 Å². The van der Waals surface area contributed by atoms with Crippen LogP contribution in [0.25, 0.3) is 0 Å². The number of carbonyl (C=O) groups is 2. The van der Waals surface area contributed by atoms with E-state index in [1.54, 1.807) is 0 Å². The third kappa shape index (κ3) is 1.67. The molecule has 0 aliphatic heterocycles. The molecule has 0 fully saturated rings. The van der Waals surface area contributed by atoms with Crippen LogP contribution < -0.4 is 0 Å². The second-order valence-corrected chi connectivity index (χ2v) is 4.11. The Balaban J connectivity index is 3.13. The first kappa shape index (κ1) is 9.28. The predicted molar refractivity (Wildman–Crippen MR) is 48.4 cm³/mol. The maximum absolute atomic E-state index is 10.5. The van der Waals surface area contributed by atoms with Crippen molar-refractivity contribution < 1.29 is 14.7 Å². The average molecular weight is 202 g/mol. The minimum atomic E-state index is -0.983. The Kier molecular flexibility index (Phi) is 2.88. The molecule has 0 aliphatic rings. The van der Waals surface area contributed by atoms with Crippen molar-refractivity contribution in [3.05, 3.63) is 16.5 Å². The van der Waals surface area contributed by atoms with Crippen molar-refractivity contribution in [3.8, 4) is 0 Å². The van der Waals surface area contributed by atoms with E-state index in [9.17, 15) is 9.59 Å². The van der Waals surface area contributed by atoms with Gasteiger partial charge in [0.05, 0.1) is 4.21 Å². The highest BCUT2D eigenvalue weighted by atomic mass is 32.2. The fourth-order valence-electron chi connectivity index (χ4n) is 0.735. The van der Waals surface area contributed by atoms with Gasteiger partial charge in [-0.05, 0) is 12.3 Å². The molecular weight excluding hydrogens is 196 g/mol. The number of carboxylic acids is 1. The van der Waals surface area contributed by atoms with E-state index in [1.807, 2.05) is 6.26 Å². The summed E-state index contributed by atoms with van der Waals surface area (Å²) in [6.45, 7) is 0. The molecule has 0 amide bonds. The number of aldehydes is 1. The van der Waals surface area contributed by atoms with E-state index < -0.39 is 5.97 Å². The standard InChI is InChI=1S/C7H6O3S2/c1-11-7-4(3-8)2-5(12-7)6(9)10/h2-3H,1H3,(H,9,10). The van der Waals surface area contributed by atoms with Crippen LogP contribution in [-0.4, -0.2) is 23.6 Å². The summed E-state index contributed by atoms with van der Waals surface area (Å²) in [5.74, 6) is -0.983. The lowest BCUT2D eigenvalue weighted by Gasteiger charge is -1.86. The lowest BCUT2D eigenvalue weighted by atomic mass is 10.3. The minimum Gasteiger partial charge on any atom is -0.477 e. The summed E-state index contributed by atoms with van der Waals surface area (Å²) in [6, 6.07) is 1.39. The maximum atomic E-state index is 10.5. The van der Waals surface area contributed by atoms with E-state index >= 15 is 0 Å². The Morgan fingerprint density at radius 3 is 2.75 bits per heavy atom. The number of hydrogen-bond donors (Lipinski definition) is 1. The van der Waals surface area contributed by atoms with Crippen molar-refractivity contribution in [1.82, 2.24) is 0 Å². The third-order valence-corrected chi connectivity index (χ3v) is 3.54. The predicted octanol–water partition coefficient (Wildman–Crippen LogP) is 1.98. The number of rotatable bonds is 3. The Morgan fingerprint density at radius 2 is 2.42 bits per heavy atom. The summed E-state index contributed by atoms with van der Waals surface area (Å²) in [7, 11) is 0. The second-order valence-electron chi connectivity index (χ2n) is 1.98. The molecule has 0 aliphatic carbocycles. The minimum absolute atomic E-state index is 0.210. The van der Waals surface area contributed by atoms with Gasteiger partial charge in [-0.25, -0.2) is 4.79 Å². The zero-order valence-electron chi connectivity index (χ0n) is 6.23. The van der Waals surface area contributed by atoms with Gasteiger partial charge >= 0.3 is 5.97 Å². The zero-order valence-corrected chi connectivity index (χ0v) is 7.87. The first-order valence-electron chi connectivity index (χ1n) is 3.05. The summed E-state index contributed by atoms with van der Waals surface area (Å²) < 4.78 is 0.752. The highest BCUT2D eigenvalue weighted by Crippen LogP contribution is 2.29. The quantitative estimate of drug-likeness (QED) is 0.601. The molecule has 0 saturated carbocycles. The summed E-state index contributed by atoms with van der Waals surface area (Å²) >= 11 is 2.51. The largest absolute Gasteiger partial charge is 0.477 e. The lowest BCUT2D eigenvalue weighted by molar-refractivity contribution is 0.0702. The number of hydrogen-bond acceptors (Lipinski definition) is 4. The van der Waals surface area contributed by atoms with Crippen LogP contribution in [0.2, 0.25) is 0 Å². The summed E-state index contributed by atoms with van der Waals surface area (Å²) in [6.07, 6.45) is 2.49. The third-order valence-electron chi connectivity index (χ3n) is 1.25. The Hall–Kier alpha value is -0.810. The number of aromatic carboxylic acids is 1. The van der Waals surface area contributed by atoms with Gasteiger partial charge in [-0.2, -0.15) is 0 Å². The fourth-order valence-corrected chi connectivity index (χ4v) is 2.38.